The number of hydrogen-bond acceptors (Lipinski definition) is 6. The van der Waals surface area contributed by atoms with Gasteiger partial charge < -0.3 is 4.74 Å². The number of nitrogens with zero attached hydrogens (tertiary/aromatic N) is 2. The van der Waals surface area contributed by atoms with Crippen LogP contribution in [0.25, 0.3) is 0 Å². The number of ether oxygens (including phenoxy) is 1. The van der Waals surface area contributed by atoms with Crippen LogP contribution in [0.4, 0.5) is 5.13 Å². The fourth-order valence-corrected chi connectivity index (χ4v) is 3.58. The van der Waals surface area contributed by atoms with Crippen molar-refractivity contribution in [2.75, 3.05) is 5.32 Å². The van der Waals surface area contributed by atoms with Gasteiger partial charge >= 0.3 is 5.97 Å². The number of amides is 1. The Balaban J connectivity index is 1.54. The van der Waals surface area contributed by atoms with E-state index in [2.05, 4.69) is 15.5 Å². The van der Waals surface area contributed by atoms with Gasteiger partial charge in [0.1, 0.15) is 5.01 Å². The van der Waals surface area contributed by atoms with Crippen molar-refractivity contribution >= 4 is 28.3 Å². The lowest BCUT2D eigenvalue weighted by Crippen LogP contribution is -2.48. The molecule has 0 spiro atoms. The van der Waals surface area contributed by atoms with Crippen molar-refractivity contribution in [3.63, 3.8) is 0 Å². The summed E-state index contributed by atoms with van der Waals surface area (Å²) in [5.74, 6) is -0.354. The van der Waals surface area contributed by atoms with Crippen molar-refractivity contribution in [1.29, 1.82) is 0 Å². The first kappa shape index (κ1) is 14.3. The number of carbonyl (C=O) groups excluding carboxylic acids is 2. The third-order valence-electron chi connectivity index (χ3n) is 4.15. The summed E-state index contributed by atoms with van der Waals surface area (Å²) in [4.78, 5) is 24.7. The largest absolute Gasteiger partial charge is 0.445 e. The number of aromatic nitrogens is 2. The van der Waals surface area contributed by atoms with Crippen LogP contribution in [-0.2, 0) is 16.0 Å². The molecule has 1 N–H and O–H groups in total. The molecule has 2 aliphatic rings. The van der Waals surface area contributed by atoms with Crippen LogP contribution < -0.4 is 5.32 Å². The standard InChI is InChI=1S/C16H15N3O3S/c1-16(8-10-4-2-3-5-11(10)13(20)22-16)14(21)17-15-19-18-12(23-15)9-6-7-9/h2-5,9H,6-8H2,1H3,(H,17,19,21). The number of rotatable bonds is 3. The molecule has 1 unspecified atom stereocenters. The topological polar surface area (TPSA) is 81.2 Å². The Bertz CT molecular complexity index is 799. The summed E-state index contributed by atoms with van der Waals surface area (Å²) in [6.07, 6.45) is 2.61. The normalized spacial score (nSPS) is 23.1. The number of fused-ring (bicyclic) bond motifs is 1. The summed E-state index contributed by atoms with van der Waals surface area (Å²) in [5, 5.41) is 12.2. The Kier molecular flexibility index (Phi) is 3.19. The number of benzene rings is 1. The highest BCUT2D eigenvalue weighted by Crippen LogP contribution is 2.42. The molecule has 6 nitrogen and oxygen atoms in total. The molecule has 1 atom stereocenters. The fourth-order valence-electron chi connectivity index (χ4n) is 2.67. The van der Waals surface area contributed by atoms with Crippen LogP contribution in [0, 0.1) is 0 Å². The number of nitrogens with one attached hydrogen (secondary N) is 1. The van der Waals surface area contributed by atoms with E-state index in [-0.39, 0.29) is 5.91 Å². The van der Waals surface area contributed by atoms with Gasteiger partial charge in [0, 0.05) is 12.3 Å². The van der Waals surface area contributed by atoms with Crippen LogP contribution in [0.3, 0.4) is 0 Å². The second-order valence-corrected chi connectivity index (χ2v) is 7.14. The second-order valence-electron chi connectivity index (χ2n) is 6.13. The summed E-state index contributed by atoms with van der Waals surface area (Å²) in [6, 6.07) is 7.19. The summed E-state index contributed by atoms with van der Waals surface area (Å²) in [5.41, 5.74) is 0.0960. The summed E-state index contributed by atoms with van der Waals surface area (Å²) in [6.45, 7) is 1.62. The predicted octanol–water partition coefficient (Wildman–Crippen LogP) is 2.53. The number of esters is 1. The molecule has 1 aromatic carbocycles. The number of anilines is 1. The molecule has 23 heavy (non-hydrogen) atoms. The van der Waals surface area contributed by atoms with Crippen molar-refractivity contribution in [3.05, 3.63) is 40.4 Å². The van der Waals surface area contributed by atoms with E-state index in [9.17, 15) is 9.59 Å². The minimum Gasteiger partial charge on any atom is -0.445 e. The summed E-state index contributed by atoms with van der Waals surface area (Å²) >= 11 is 1.39. The summed E-state index contributed by atoms with van der Waals surface area (Å²) < 4.78 is 5.41. The van der Waals surface area contributed by atoms with Gasteiger partial charge in [-0.15, -0.1) is 10.2 Å². The predicted molar refractivity (Wildman–Crippen MR) is 84.5 cm³/mol. The maximum absolute atomic E-state index is 12.6. The van der Waals surface area contributed by atoms with Crippen LogP contribution in [0.2, 0.25) is 0 Å². The zero-order valence-electron chi connectivity index (χ0n) is 12.5. The van der Waals surface area contributed by atoms with Gasteiger partial charge in [-0.1, -0.05) is 29.5 Å². The van der Waals surface area contributed by atoms with E-state index in [0.29, 0.717) is 23.0 Å². The lowest BCUT2D eigenvalue weighted by Gasteiger charge is -2.32. The molecule has 4 rings (SSSR count). The summed E-state index contributed by atoms with van der Waals surface area (Å²) in [7, 11) is 0. The molecule has 7 heteroatoms. The molecule has 0 bridgehead atoms. The quantitative estimate of drug-likeness (QED) is 0.875. The second kappa shape index (κ2) is 5.13. The highest BCUT2D eigenvalue weighted by atomic mass is 32.1. The monoisotopic (exact) mass is 329 g/mol. The molecule has 1 amide bonds. The first-order chi connectivity index (χ1) is 11.0. The van der Waals surface area contributed by atoms with E-state index in [1.807, 2.05) is 12.1 Å². The van der Waals surface area contributed by atoms with E-state index in [1.54, 1.807) is 19.1 Å². The van der Waals surface area contributed by atoms with Crippen molar-refractivity contribution < 1.29 is 14.3 Å². The number of carbonyl (C=O) groups is 2. The van der Waals surface area contributed by atoms with Crippen molar-refractivity contribution in [2.45, 2.75) is 37.7 Å². The van der Waals surface area contributed by atoms with E-state index in [1.165, 1.54) is 11.3 Å². The third kappa shape index (κ3) is 2.61. The van der Waals surface area contributed by atoms with Gasteiger partial charge in [-0.3, -0.25) is 10.1 Å². The Labute approximate surface area is 136 Å². The van der Waals surface area contributed by atoms with Gasteiger partial charge in [0.2, 0.25) is 5.13 Å². The van der Waals surface area contributed by atoms with Crippen molar-refractivity contribution in [1.82, 2.24) is 10.2 Å². The maximum atomic E-state index is 12.6. The van der Waals surface area contributed by atoms with Gasteiger partial charge in [0.15, 0.2) is 5.60 Å². The number of cyclic esters (lactones) is 1. The van der Waals surface area contributed by atoms with E-state index < -0.39 is 11.6 Å². The Hall–Kier alpha value is -2.28. The smallest absolute Gasteiger partial charge is 0.339 e. The highest BCUT2D eigenvalue weighted by Gasteiger charge is 2.43. The molecular weight excluding hydrogens is 314 g/mol. The minimum atomic E-state index is -1.24. The molecule has 2 heterocycles. The average molecular weight is 329 g/mol. The van der Waals surface area contributed by atoms with Gasteiger partial charge in [-0.25, -0.2) is 4.79 Å². The van der Waals surface area contributed by atoms with Gasteiger partial charge in [0.05, 0.1) is 5.56 Å². The SMILES string of the molecule is CC1(C(=O)Nc2nnc(C3CC3)s2)Cc2ccccc2C(=O)O1. The Morgan fingerprint density at radius 2 is 2.13 bits per heavy atom. The molecule has 2 aromatic rings. The fraction of sp³-hybridized carbons (Fsp3) is 0.375. The van der Waals surface area contributed by atoms with Gasteiger partial charge in [0.25, 0.3) is 5.91 Å². The average Bonchev–Trinajstić information content (AvgIpc) is 3.27. The third-order valence-corrected chi connectivity index (χ3v) is 5.15. The van der Waals surface area contributed by atoms with Crippen LogP contribution in [0.15, 0.2) is 24.3 Å². The van der Waals surface area contributed by atoms with Crippen molar-refractivity contribution in [2.24, 2.45) is 0 Å². The molecule has 0 radical (unpaired) electrons. The lowest BCUT2D eigenvalue weighted by atomic mass is 9.89. The Morgan fingerprint density at radius 3 is 2.91 bits per heavy atom. The van der Waals surface area contributed by atoms with Crippen LogP contribution in [0.5, 0.6) is 0 Å². The molecule has 1 fully saturated rings. The molecule has 1 aromatic heterocycles. The van der Waals surface area contributed by atoms with E-state index in [4.69, 9.17) is 4.74 Å². The van der Waals surface area contributed by atoms with Crippen LogP contribution in [0.1, 0.15) is 46.6 Å². The van der Waals surface area contributed by atoms with Crippen LogP contribution in [-0.4, -0.2) is 27.7 Å². The zero-order chi connectivity index (χ0) is 16.0. The zero-order valence-corrected chi connectivity index (χ0v) is 13.4. The first-order valence-corrected chi connectivity index (χ1v) is 8.33. The van der Waals surface area contributed by atoms with Gasteiger partial charge in [-0.2, -0.15) is 0 Å². The number of hydrogen-bond donors (Lipinski definition) is 1. The molecule has 1 aliphatic carbocycles. The highest BCUT2D eigenvalue weighted by molar-refractivity contribution is 7.15. The van der Waals surface area contributed by atoms with Crippen LogP contribution >= 0.6 is 11.3 Å². The minimum absolute atomic E-state index is 0.342. The molecule has 118 valence electrons. The van der Waals surface area contributed by atoms with E-state index >= 15 is 0 Å². The molecule has 1 aliphatic heterocycles. The Morgan fingerprint density at radius 1 is 1.35 bits per heavy atom. The van der Waals surface area contributed by atoms with Crippen molar-refractivity contribution in [3.8, 4) is 0 Å². The molecular formula is C16H15N3O3S. The lowest BCUT2D eigenvalue weighted by molar-refractivity contribution is -0.134. The molecule has 1 saturated carbocycles. The van der Waals surface area contributed by atoms with Gasteiger partial charge in [-0.05, 0) is 31.4 Å². The van der Waals surface area contributed by atoms with E-state index in [0.717, 1.165) is 23.4 Å². The maximum Gasteiger partial charge on any atom is 0.339 e. The molecule has 0 saturated heterocycles. The first-order valence-electron chi connectivity index (χ1n) is 7.51.